The van der Waals surface area contributed by atoms with E-state index in [-0.39, 0.29) is 12.1 Å². The van der Waals surface area contributed by atoms with Crippen LogP contribution in [0.3, 0.4) is 0 Å². The maximum atomic E-state index is 13.2. The molecule has 2 aromatic carbocycles. The molecule has 0 fully saturated rings. The predicted molar refractivity (Wildman–Crippen MR) is 107 cm³/mol. The normalized spacial score (nSPS) is 11.6. The zero-order valence-electron chi connectivity index (χ0n) is 17.2. The van der Waals surface area contributed by atoms with Gasteiger partial charge in [0.2, 0.25) is 0 Å². The minimum Gasteiger partial charge on any atom is -0.444 e. The van der Waals surface area contributed by atoms with E-state index in [2.05, 4.69) is 16.0 Å². The number of ether oxygens (including phenoxy) is 1. The van der Waals surface area contributed by atoms with E-state index in [1.807, 2.05) is 0 Å². The molecule has 2 rings (SSSR count). The van der Waals surface area contributed by atoms with Gasteiger partial charge in [0.25, 0.3) is 0 Å². The summed E-state index contributed by atoms with van der Waals surface area (Å²) in [5, 5.41) is 7.39. The number of hydrogen-bond donors (Lipinski definition) is 3. The molecule has 3 amide bonds. The van der Waals surface area contributed by atoms with Crippen molar-refractivity contribution in [1.82, 2.24) is 10.6 Å². The van der Waals surface area contributed by atoms with E-state index in [4.69, 9.17) is 4.74 Å². The number of amides is 3. The largest absolute Gasteiger partial charge is 0.444 e. The first kappa shape index (κ1) is 24.0. The van der Waals surface area contributed by atoms with Crippen LogP contribution in [0.25, 0.3) is 0 Å². The molecular formula is C21H23F4N3O3. The molecular weight excluding hydrogens is 418 g/mol. The van der Waals surface area contributed by atoms with Crippen LogP contribution in [-0.2, 0) is 24.0 Å². The van der Waals surface area contributed by atoms with Gasteiger partial charge in [-0.2, -0.15) is 13.2 Å². The lowest BCUT2D eigenvalue weighted by Gasteiger charge is -2.19. The van der Waals surface area contributed by atoms with Crippen molar-refractivity contribution in [2.24, 2.45) is 0 Å². The monoisotopic (exact) mass is 441 g/mol. The zero-order chi connectivity index (χ0) is 23.2. The minimum atomic E-state index is -4.74. The first-order chi connectivity index (χ1) is 14.3. The van der Waals surface area contributed by atoms with Crippen LogP contribution in [0.1, 0.15) is 37.5 Å². The number of carbonyl (C=O) groups is 2. The lowest BCUT2D eigenvalue weighted by atomic mass is 10.1. The number of anilines is 1. The Labute approximate surface area is 177 Å². The summed E-state index contributed by atoms with van der Waals surface area (Å²) in [4.78, 5) is 23.8. The Bertz CT molecular complexity index is 940. The van der Waals surface area contributed by atoms with Gasteiger partial charge in [-0.3, -0.25) is 0 Å². The maximum absolute atomic E-state index is 13.2. The van der Waals surface area contributed by atoms with Gasteiger partial charge in [-0.05, 0) is 56.2 Å². The fourth-order valence-electron chi connectivity index (χ4n) is 2.56. The lowest BCUT2D eigenvalue weighted by Crippen LogP contribution is -2.32. The molecule has 0 aliphatic heterocycles. The van der Waals surface area contributed by atoms with E-state index in [1.165, 1.54) is 0 Å². The number of rotatable bonds is 5. The van der Waals surface area contributed by atoms with Crippen LogP contribution in [0.5, 0.6) is 0 Å². The van der Waals surface area contributed by atoms with Gasteiger partial charge in [0, 0.05) is 18.8 Å². The van der Waals surface area contributed by atoms with Crippen LogP contribution in [0, 0.1) is 5.82 Å². The van der Waals surface area contributed by atoms with E-state index in [0.29, 0.717) is 17.3 Å². The van der Waals surface area contributed by atoms with Crippen molar-refractivity contribution >= 4 is 17.8 Å². The molecule has 10 heteroatoms. The molecule has 0 unspecified atom stereocenters. The summed E-state index contributed by atoms with van der Waals surface area (Å²) < 4.78 is 57.4. The summed E-state index contributed by atoms with van der Waals surface area (Å²) >= 11 is 0. The third kappa shape index (κ3) is 8.15. The molecule has 168 valence electrons. The second-order valence-electron chi connectivity index (χ2n) is 7.66. The van der Waals surface area contributed by atoms with Crippen molar-refractivity contribution in [2.45, 2.75) is 45.6 Å². The van der Waals surface area contributed by atoms with Gasteiger partial charge in [-0.1, -0.05) is 18.2 Å². The Hall–Kier alpha value is -3.30. The van der Waals surface area contributed by atoms with Crippen molar-refractivity contribution in [3.63, 3.8) is 0 Å². The summed E-state index contributed by atoms with van der Waals surface area (Å²) in [5.74, 6) is -1.02. The number of nitrogens with one attached hydrogen (secondary N) is 3. The van der Waals surface area contributed by atoms with Crippen molar-refractivity contribution in [1.29, 1.82) is 0 Å². The van der Waals surface area contributed by atoms with Crippen molar-refractivity contribution in [2.75, 3.05) is 5.32 Å². The molecule has 0 saturated heterocycles. The maximum Gasteiger partial charge on any atom is 0.416 e. The highest BCUT2D eigenvalue weighted by Gasteiger charge is 2.33. The van der Waals surface area contributed by atoms with Crippen molar-refractivity contribution < 1.29 is 31.9 Å². The van der Waals surface area contributed by atoms with Gasteiger partial charge in [0.1, 0.15) is 11.4 Å². The van der Waals surface area contributed by atoms with E-state index in [1.54, 1.807) is 45.0 Å². The highest BCUT2D eigenvalue weighted by Crippen LogP contribution is 2.32. The fraction of sp³-hybridized carbons (Fsp3) is 0.333. The summed E-state index contributed by atoms with van der Waals surface area (Å²) in [6, 6.07) is 8.04. The standard InChI is InChI=1S/C21H23F4N3O3/c1-20(2,3)31-19(30)27-11-13-5-4-6-16(9-13)28-18(29)26-12-14-7-8-15(22)10-17(14)21(23,24)25/h4-10H,11-12H2,1-3H3,(H,27,30)(H2,26,28,29). The fourth-order valence-corrected chi connectivity index (χ4v) is 2.56. The molecule has 3 N–H and O–H groups in total. The third-order valence-corrected chi connectivity index (χ3v) is 3.84. The van der Waals surface area contributed by atoms with Gasteiger partial charge < -0.3 is 20.7 Å². The Kier molecular flexibility index (Phi) is 7.48. The average Bonchev–Trinajstić information content (AvgIpc) is 2.63. The molecule has 0 radical (unpaired) electrons. The molecule has 0 saturated carbocycles. The van der Waals surface area contributed by atoms with Crippen LogP contribution < -0.4 is 16.0 Å². The van der Waals surface area contributed by atoms with Gasteiger partial charge in [-0.15, -0.1) is 0 Å². The van der Waals surface area contributed by atoms with Crippen LogP contribution in [-0.4, -0.2) is 17.7 Å². The van der Waals surface area contributed by atoms with Crippen LogP contribution in [0.4, 0.5) is 32.8 Å². The number of urea groups is 1. The second kappa shape index (κ2) is 9.67. The van der Waals surface area contributed by atoms with Gasteiger partial charge in [-0.25, -0.2) is 14.0 Å². The smallest absolute Gasteiger partial charge is 0.416 e. The minimum absolute atomic E-state index is 0.149. The van der Waals surface area contributed by atoms with E-state index >= 15 is 0 Å². The molecule has 0 heterocycles. The molecule has 2 aromatic rings. The highest BCUT2D eigenvalue weighted by molar-refractivity contribution is 5.89. The third-order valence-electron chi connectivity index (χ3n) is 3.84. The molecule has 6 nitrogen and oxygen atoms in total. The molecule has 0 bridgehead atoms. The topological polar surface area (TPSA) is 79.5 Å². The summed E-state index contributed by atoms with van der Waals surface area (Å²) in [6.45, 7) is 4.91. The Morgan fingerprint density at radius 1 is 0.968 bits per heavy atom. The van der Waals surface area contributed by atoms with E-state index in [0.717, 1.165) is 12.1 Å². The van der Waals surface area contributed by atoms with Crippen LogP contribution in [0.2, 0.25) is 0 Å². The lowest BCUT2D eigenvalue weighted by molar-refractivity contribution is -0.138. The predicted octanol–water partition coefficient (Wildman–Crippen LogP) is 5.19. The molecule has 0 aliphatic carbocycles. The number of alkyl halides is 3. The van der Waals surface area contributed by atoms with Crippen LogP contribution in [0.15, 0.2) is 42.5 Å². The number of halogens is 4. The molecule has 0 aromatic heterocycles. The zero-order valence-corrected chi connectivity index (χ0v) is 17.2. The average molecular weight is 441 g/mol. The van der Waals surface area contributed by atoms with Crippen molar-refractivity contribution in [3.05, 3.63) is 65.0 Å². The van der Waals surface area contributed by atoms with Gasteiger partial charge in [0.05, 0.1) is 5.56 Å². The second-order valence-corrected chi connectivity index (χ2v) is 7.66. The highest BCUT2D eigenvalue weighted by atomic mass is 19.4. The first-order valence-electron chi connectivity index (χ1n) is 9.30. The summed E-state index contributed by atoms with van der Waals surface area (Å²) in [5.41, 5.74) is -1.01. The van der Waals surface area contributed by atoms with E-state index in [9.17, 15) is 27.2 Å². The first-order valence-corrected chi connectivity index (χ1v) is 9.30. The molecule has 31 heavy (non-hydrogen) atoms. The van der Waals surface area contributed by atoms with E-state index < -0.39 is 41.8 Å². The number of benzene rings is 2. The van der Waals surface area contributed by atoms with Gasteiger partial charge >= 0.3 is 18.3 Å². The molecule has 0 spiro atoms. The summed E-state index contributed by atoms with van der Waals surface area (Å²) in [6.07, 6.45) is -5.34. The Morgan fingerprint density at radius 2 is 1.68 bits per heavy atom. The Balaban J connectivity index is 1.94. The number of alkyl carbamates (subject to hydrolysis) is 1. The quantitative estimate of drug-likeness (QED) is 0.559. The molecule has 0 atom stereocenters. The SMILES string of the molecule is CC(C)(C)OC(=O)NCc1cccc(NC(=O)NCc2ccc(F)cc2C(F)(F)F)c1. The van der Waals surface area contributed by atoms with Gasteiger partial charge in [0.15, 0.2) is 0 Å². The number of hydrogen-bond acceptors (Lipinski definition) is 3. The Morgan fingerprint density at radius 3 is 2.32 bits per heavy atom. The molecule has 0 aliphatic rings. The van der Waals surface area contributed by atoms with Crippen molar-refractivity contribution in [3.8, 4) is 0 Å². The number of carbonyl (C=O) groups excluding carboxylic acids is 2. The van der Waals surface area contributed by atoms with Crippen LogP contribution >= 0.6 is 0 Å². The summed E-state index contributed by atoms with van der Waals surface area (Å²) in [7, 11) is 0.